The van der Waals surface area contributed by atoms with Crippen LogP contribution in [0.2, 0.25) is 0 Å². The van der Waals surface area contributed by atoms with Gasteiger partial charge in [0.2, 0.25) is 0 Å². The molecule has 3 heterocycles. The zero-order chi connectivity index (χ0) is 12.5. The van der Waals surface area contributed by atoms with Crippen molar-refractivity contribution in [2.75, 3.05) is 26.4 Å². The number of aliphatic imine (C=N–C) groups is 1. The molecule has 0 spiro atoms. The predicted molar refractivity (Wildman–Crippen MR) is 65.1 cm³/mol. The lowest BCUT2D eigenvalue weighted by Crippen LogP contribution is -2.53. The predicted octanol–water partition coefficient (Wildman–Crippen LogP) is -2.76. The van der Waals surface area contributed by atoms with E-state index in [1.54, 1.807) is 6.34 Å². The highest BCUT2D eigenvalue weighted by atomic mass is 16.5. The van der Waals surface area contributed by atoms with Gasteiger partial charge in [0.25, 0.3) is 0 Å². The van der Waals surface area contributed by atoms with E-state index in [0.29, 0.717) is 19.8 Å². The molecular weight excluding hydrogens is 236 g/mol. The molecule has 2 unspecified atom stereocenters. The van der Waals surface area contributed by atoms with E-state index in [2.05, 4.69) is 20.9 Å². The SMILES string of the molecule is NC1NC=NC2=C1NCN2[C@H]1CNCC(CO)O1. The van der Waals surface area contributed by atoms with Crippen LogP contribution < -0.4 is 21.7 Å². The van der Waals surface area contributed by atoms with E-state index in [0.717, 1.165) is 11.5 Å². The molecule has 18 heavy (non-hydrogen) atoms. The Morgan fingerprint density at radius 3 is 3.28 bits per heavy atom. The van der Waals surface area contributed by atoms with Gasteiger partial charge in [0.1, 0.15) is 12.4 Å². The van der Waals surface area contributed by atoms with Crippen LogP contribution in [0.25, 0.3) is 0 Å². The van der Waals surface area contributed by atoms with Crippen molar-refractivity contribution in [1.82, 2.24) is 20.9 Å². The molecule has 6 N–H and O–H groups in total. The molecule has 3 rings (SSSR count). The van der Waals surface area contributed by atoms with E-state index >= 15 is 0 Å². The third-order valence-corrected chi connectivity index (χ3v) is 3.30. The molecule has 3 atom stereocenters. The number of nitrogens with zero attached hydrogens (tertiary/aromatic N) is 2. The number of hydrogen-bond acceptors (Lipinski definition) is 8. The molecule has 3 aliphatic heterocycles. The van der Waals surface area contributed by atoms with Gasteiger partial charge in [-0.25, -0.2) is 4.99 Å². The van der Waals surface area contributed by atoms with Crippen LogP contribution in [0, 0.1) is 0 Å². The summed E-state index contributed by atoms with van der Waals surface area (Å²) in [6, 6.07) is 0. The number of nitrogens with two attached hydrogens (primary N) is 1. The standard InChI is InChI=1S/C10H18N6O2/c11-9-8-10(14-4-13-9)16(5-15-8)7-2-12-1-6(3-17)18-7/h4,6-7,9,12,15,17H,1-3,5,11H2,(H,13,14)/t6?,7-,9?/m1/s1. The molecule has 0 saturated carbocycles. The van der Waals surface area contributed by atoms with Gasteiger partial charge in [0, 0.05) is 13.1 Å². The fourth-order valence-corrected chi connectivity index (χ4v) is 2.35. The molecule has 0 radical (unpaired) electrons. The fourth-order valence-electron chi connectivity index (χ4n) is 2.35. The van der Waals surface area contributed by atoms with Gasteiger partial charge in [0.15, 0.2) is 5.82 Å². The Morgan fingerprint density at radius 1 is 1.56 bits per heavy atom. The topological polar surface area (TPSA) is 107 Å². The Labute approximate surface area is 105 Å². The quantitative estimate of drug-likeness (QED) is 0.363. The second kappa shape index (κ2) is 4.73. The van der Waals surface area contributed by atoms with Crippen molar-refractivity contribution in [3.63, 3.8) is 0 Å². The normalized spacial score (nSPS) is 35.2. The maximum absolute atomic E-state index is 9.16. The van der Waals surface area contributed by atoms with Crippen molar-refractivity contribution in [3.05, 3.63) is 11.5 Å². The zero-order valence-corrected chi connectivity index (χ0v) is 9.97. The minimum Gasteiger partial charge on any atom is -0.394 e. The lowest BCUT2D eigenvalue weighted by Gasteiger charge is -2.36. The van der Waals surface area contributed by atoms with E-state index < -0.39 is 0 Å². The van der Waals surface area contributed by atoms with Gasteiger partial charge >= 0.3 is 0 Å². The Morgan fingerprint density at radius 2 is 2.44 bits per heavy atom. The third kappa shape index (κ3) is 1.93. The summed E-state index contributed by atoms with van der Waals surface area (Å²) in [5, 5.41) is 18.6. The van der Waals surface area contributed by atoms with Crippen LogP contribution in [0.4, 0.5) is 0 Å². The molecule has 0 aromatic heterocycles. The molecule has 8 heteroatoms. The Bertz CT molecular complexity index is 385. The minimum absolute atomic E-state index is 0.0149. The summed E-state index contributed by atoms with van der Waals surface area (Å²) in [7, 11) is 0. The maximum atomic E-state index is 9.16. The smallest absolute Gasteiger partial charge is 0.156 e. The number of aliphatic hydroxyl groups excluding tert-OH is 1. The van der Waals surface area contributed by atoms with Crippen LogP contribution >= 0.6 is 0 Å². The monoisotopic (exact) mass is 254 g/mol. The average Bonchev–Trinajstić information content (AvgIpc) is 2.84. The molecular formula is C10H18N6O2. The number of ether oxygens (including phenoxy) is 1. The summed E-state index contributed by atoms with van der Waals surface area (Å²) >= 11 is 0. The molecule has 0 aromatic rings. The lowest BCUT2D eigenvalue weighted by atomic mass is 10.3. The third-order valence-electron chi connectivity index (χ3n) is 3.30. The van der Waals surface area contributed by atoms with Gasteiger partial charge in [-0.3, -0.25) is 0 Å². The van der Waals surface area contributed by atoms with Crippen molar-refractivity contribution in [1.29, 1.82) is 0 Å². The van der Waals surface area contributed by atoms with Gasteiger partial charge in [-0.2, -0.15) is 0 Å². The van der Waals surface area contributed by atoms with Crippen LogP contribution in [0.1, 0.15) is 0 Å². The Kier molecular flexibility index (Phi) is 3.08. The first-order valence-corrected chi connectivity index (χ1v) is 6.05. The minimum atomic E-state index is -0.257. The van der Waals surface area contributed by atoms with Crippen molar-refractivity contribution >= 4 is 6.34 Å². The first-order chi connectivity index (χ1) is 8.79. The second-order valence-electron chi connectivity index (χ2n) is 4.50. The fraction of sp³-hybridized carbons (Fsp3) is 0.700. The van der Waals surface area contributed by atoms with E-state index in [1.165, 1.54) is 0 Å². The van der Waals surface area contributed by atoms with Crippen LogP contribution in [-0.4, -0.2) is 61.2 Å². The zero-order valence-electron chi connectivity index (χ0n) is 9.97. The largest absolute Gasteiger partial charge is 0.394 e. The molecule has 3 aliphatic rings. The van der Waals surface area contributed by atoms with Crippen LogP contribution in [0.15, 0.2) is 16.5 Å². The van der Waals surface area contributed by atoms with Crippen molar-refractivity contribution in [2.45, 2.75) is 18.5 Å². The molecule has 1 fully saturated rings. The van der Waals surface area contributed by atoms with Gasteiger partial charge < -0.3 is 36.4 Å². The number of aliphatic hydroxyl groups is 1. The van der Waals surface area contributed by atoms with Crippen molar-refractivity contribution in [2.24, 2.45) is 10.7 Å². The van der Waals surface area contributed by atoms with E-state index in [1.807, 2.05) is 4.90 Å². The molecule has 1 saturated heterocycles. The van der Waals surface area contributed by atoms with Crippen molar-refractivity contribution in [3.8, 4) is 0 Å². The van der Waals surface area contributed by atoms with E-state index in [4.69, 9.17) is 15.6 Å². The molecule has 0 amide bonds. The molecule has 0 bridgehead atoms. The summed E-state index contributed by atoms with van der Waals surface area (Å²) in [4.78, 5) is 6.32. The molecule has 8 nitrogen and oxygen atoms in total. The Balaban J connectivity index is 1.75. The van der Waals surface area contributed by atoms with E-state index in [-0.39, 0.29) is 25.1 Å². The highest BCUT2D eigenvalue weighted by Gasteiger charge is 2.35. The Hall–Kier alpha value is -1.35. The summed E-state index contributed by atoms with van der Waals surface area (Å²) < 4.78 is 5.81. The number of nitrogens with one attached hydrogen (secondary N) is 3. The maximum Gasteiger partial charge on any atom is 0.156 e. The van der Waals surface area contributed by atoms with Gasteiger partial charge in [-0.1, -0.05) is 0 Å². The van der Waals surface area contributed by atoms with Gasteiger partial charge in [-0.05, 0) is 0 Å². The van der Waals surface area contributed by atoms with Crippen LogP contribution in [0.5, 0.6) is 0 Å². The number of hydrogen-bond donors (Lipinski definition) is 5. The number of morpholine rings is 1. The van der Waals surface area contributed by atoms with Crippen LogP contribution in [-0.2, 0) is 4.74 Å². The highest BCUT2D eigenvalue weighted by Crippen LogP contribution is 2.23. The molecule has 0 aromatic carbocycles. The summed E-state index contributed by atoms with van der Waals surface area (Å²) in [5.74, 6) is 0.812. The molecule has 0 aliphatic carbocycles. The van der Waals surface area contributed by atoms with Gasteiger partial charge in [-0.15, -0.1) is 0 Å². The second-order valence-corrected chi connectivity index (χ2v) is 4.50. The highest BCUT2D eigenvalue weighted by molar-refractivity contribution is 5.60. The summed E-state index contributed by atoms with van der Waals surface area (Å²) in [6.45, 7) is 2.00. The number of rotatable bonds is 2. The first-order valence-electron chi connectivity index (χ1n) is 6.05. The van der Waals surface area contributed by atoms with Gasteiger partial charge in [0.05, 0.1) is 31.4 Å². The molecule has 100 valence electrons. The van der Waals surface area contributed by atoms with E-state index in [9.17, 15) is 0 Å². The lowest BCUT2D eigenvalue weighted by molar-refractivity contribution is -0.118. The van der Waals surface area contributed by atoms with Crippen LogP contribution in [0.3, 0.4) is 0 Å². The van der Waals surface area contributed by atoms with Crippen molar-refractivity contribution < 1.29 is 9.84 Å². The summed E-state index contributed by atoms with van der Waals surface area (Å²) in [5.41, 5.74) is 6.80. The average molecular weight is 254 g/mol. The first kappa shape index (κ1) is 11.7. The summed E-state index contributed by atoms with van der Waals surface area (Å²) in [6.07, 6.45) is 1.03.